The number of nitrogens with one attached hydrogen (secondary N) is 3. The number of aryl methyl sites for hydroxylation is 1. The Morgan fingerprint density at radius 3 is 2.64 bits per heavy atom. The number of nitrogens with zero attached hydrogens (tertiary/aromatic N) is 1. The van der Waals surface area contributed by atoms with E-state index >= 15 is 0 Å². The van der Waals surface area contributed by atoms with Crippen molar-refractivity contribution in [1.29, 1.82) is 0 Å². The van der Waals surface area contributed by atoms with Gasteiger partial charge in [-0.2, -0.15) is 0 Å². The summed E-state index contributed by atoms with van der Waals surface area (Å²) in [5, 5.41) is 19.0. The first-order valence-electron chi connectivity index (χ1n) is 12.5. The Labute approximate surface area is 220 Å². The summed E-state index contributed by atoms with van der Waals surface area (Å²) >= 11 is 7.46. The molecule has 0 saturated heterocycles. The third-order valence-corrected chi connectivity index (χ3v) is 8.68. The number of carboxylic acids is 1. The van der Waals surface area contributed by atoms with Gasteiger partial charge in [0, 0.05) is 17.1 Å². The number of carbonyl (C=O) groups is 3. The van der Waals surface area contributed by atoms with E-state index in [1.54, 1.807) is 12.3 Å². The molecule has 194 valence electrons. The Bertz CT molecular complexity index is 1110. The quantitative estimate of drug-likeness (QED) is 0.344. The number of amides is 2. The number of pyridine rings is 1. The highest BCUT2D eigenvalue weighted by Crippen LogP contribution is 2.31. The molecule has 4 N–H and O–H groups in total. The average molecular weight is 533 g/mol. The molecule has 0 spiro atoms. The Morgan fingerprint density at radius 1 is 1.22 bits per heavy atom. The van der Waals surface area contributed by atoms with Gasteiger partial charge in [0.15, 0.2) is 0 Å². The molecule has 8 nitrogen and oxygen atoms in total. The van der Waals surface area contributed by atoms with Crippen LogP contribution in [0, 0.1) is 18.8 Å². The number of aromatic nitrogens is 1. The van der Waals surface area contributed by atoms with E-state index in [1.807, 2.05) is 26.0 Å². The molecule has 2 aromatic rings. The van der Waals surface area contributed by atoms with Gasteiger partial charge in [-0.25, -0.2) is 0 Å². The number of carbonyl (C=O) groups excluding carboxylic acids is 2. The lowest BCUT2D eigenvalue weighted by atomic mass is 9.80. The van der Waals surface area contributed by atoms with Crippen LogP contribution in [-0.2, 0) is 9.59 Å². The first-order chi connectivity index (χ1) is 17.2. The van der Waals surface area contributed by atoms with Crippen molar-refractivity contribution in [2.75, 3.05) is 5.32 Å². The molecule has 2 amide bonds. The smallest absolute Gasteiger partial charge is 0.306 e. The molecular formula is C26H33ClN4O4S. The summed E-state index contributed by atoms with van der Waals surface area (Å²) in [6, 6.07) is 4.68. The van der Waals surface area contributed by atoms with Crippen molar-refractivity contribution in [3.8, 4) is 0 Å². The van der Waals surface area contributed by atoms with Crippen LogP contribution in [0.1, 0.15) is 78.2 Å². The van der Waals surface area contributed by atoms with Crippen molar-refractivity contribution in [1.82, 2.24) is 15.6 Å². The molecule has 0 aliphatic heterocycles. The largest absolute Gasteiger partial charge is 0.481 e. The average Bonchev–Trinajstić information content (AvgIpc) is 3.50. The number of thiophene rings is 1. The maximum Gasteiger partial charge on any atom is 0.306 e. The minimum absolute atomic E-state index is 0.0612. The summed E-state index contributed by atoms with van der Waals surface area (Å²) in [6.07, 6.45) is 7.51. The maximum absolute atomic E-state index is 13.1. The maximum atomic E-state index is 13.1. The van der Waals surface area contributed by atoms with Crippen LogP contribution < -0.4 is 16.0 Å². The summed E-state index contributed by atoms with van der Waals surface area (Å²) in [5.41, 5.74) is 1.67. The van der Waals surface area contributed by atoms with Gasteiger partial charge >= 0.3 is 5.97 Å². The lowest BCUT2D eigenvalue weighted by molar-refractivity contribution is -0.146. The van der Waals surface area contributed by atoms with Crippen molar-refractivity contribution in [3.63, 3.8) is 0 Å². The summed E-state index contributed by atoms with van der Waals surface area (Å²) in [6.45, 7) is 3.91. The van der Waals surface area contributed by atoms with E-state index in [0.717, 1.165) is 41.9 Å². The van der Waals surface area contributed by atoms with Crippen molar-refractivity contribution in [3.05, 3.63) is 44.9 Å². The Balaban J connectivity index is 1.38. The fourth-order valence-electron chi connectivity index (χ4n) is 4.95. The van der Waals surface area contributed by atoms with Crippen LogP contribution in [0.25, 0.3) is 0 Å². The number of aliphatic carboxylic acids is 1. The summed E-state index contributed by atoms with van der Waals surface area (Å²) < 4.78 is 0. The van der Waals surface area contributed by atoms with Crippen molar-refractivity contribution in [2.24, 2.45) is 11.8 Å². The third kappa shape index (κ3) is 6.56. The third-order valence-electron chi connectivity index (χ3n) is 7.20. The van der Waals surface area contributed by atoms with Gasteiger partial charge in [0.25, 0.3) is 5.91 Å². The molecule has 2 saturated carbocycles. The summed E-state index contributed by atoms with van der Waals surface area (Å²) in [5.74, 6) is -1.30. The fraction of sp³-hybridized carbons (Fsp3) is 0.538. The van der Waals surface area contributed by atoms with Crippen LogP contribution in [-0.4, -0.2) is 40.0 Å². The van der Waals surface area contributed by atoms with Gasteiger partial charge < -0.3 is 21.1 Å². The van der Waals surface area contributed by atoms with Crippen LogP contribution >= 0.6 is 22.9 Å². The van der Waals surface area contributed by atoms with E-state index in [-0.39, 0.29) is 23.9 Å². The molecule has 0 radical (unpaired) electrons. The summed E-state index contributed by atoms with van der Waals surface area (Å²) in [7, 11) is 0. The molecule has 2 fully saturated rings. The number of hydrogen-bond donors (Lipinski definition) is 4. The van der Waals surface area contributed by atoms with E-state index in [4.69, 9.17) is 16.7 Å². The standard InChI is InChI=1S/C26H33ClN4O4S/c1-14-20(12-18(27)13-28-14)29-15(2)22-7-8-23(36-22)25(33)31-21(9-16-5-3-4-6-16)24(32)30-19-10-17(11-19)26(34)35/h7-8,12-13,15-17,19,21,29H,3-6,9-11H2,1-2H3,(H,30,32)(H,31,33)(H,34,35)/t15-,17-,19-,21-/m0/s1. The van der Waals surface area contributed by atoms with Gasteiger partial charge in [-0.1, -0.05) is 37.3 Å². The van der Waals surface area contributed by atoms with Crippen LogP contribution in [0.3, 0.4) is 0 Å². The van der Waals surface area contributed by atoms with Crippen molar-refractivity contribution < 1.29 is 19.5 Å². The second-order valence-corrected chi connectivity index (χ2v) is 11.5. The van der Waals surface area contributed by atoms with Crippen molar-refractivity contribution >= 4 is 46.4 Å². The number of halogens is 1. The molecule has 2 aromatic heterocycles. The summed E-state index contributed by atoms with van der Waals surface area (Å²) in [4.78, 5) is 43.1. The molecule has 36 heavy (non-hydrogen) atoms. The predicted molar refractivity (Wildman–Crippen MR) is 140 cm³/mol. The van der Waals surface area contributed by atoms with Gasteiger partial charge in [0.1, 0.15) is 6.04 Å². The number of hydrogen-bond acceptors (Lipinski definition) is 6. The lowest BCUT2D eigenvalue weighted by Gasteiger charge is -2.34. The molecule has 2 heterocycles. The van der Waals surface area contributed by atoms with E-state index in [2.05, 4.69) is 20.9 Å². The Kier molecular flexibility index (Phi) is 8.51. The molecule has 10 heteroatoms. The van der Waals surface area contributed by atoms with Crippen LogP contribution in [0.15, 0.2) is 24.4 Å². The molecule has 2 aliphatic carbocycles. The van der Waals surface area contributed by atoms with Gasteiger partial charge in [-0.3, -0.25) is 19.4 Å². The van der Waals surface area contributed by atoms with Crippen molar-refractivity contribution in [2.45, 2.75) is 76.9 Å². The lowest BCUT2D eigenvalue weighted by Crippen LogP contribution is -2.54. The zero-order valence-electron chi connectivity index (χ0n) is 20.6. The van der Waals surface area contributed by atoms with Gasteiger partial charge in [-0.15, -0.1) is 11.3 Å². The van der Waals surface area contributed by atoms with E-state index in [1.165, 1.54) is 11.3 Å². The first kappa shape index (κ1) is 26.4. The number of anilines is 1. The Morgan fingerprint density at radius 2 is 1.94 bits per heavy atom. The molecule has 4 rings (SSSR count). The zero-order valence-corrected chi connectivity index (χ0v) is 22.1. The number of carboxylic acid groups (broad SMARTS) is 1. The van der Waals surface area contributed by atoms with Crippen LogP contribution in [0.5, 0.6) is 0 Å². The van der Waals surface area contributed by atoms with Crippen LogP contribution in [0.4, 0.5) is 5.69 Å². The number of rotatable bonds is 10. The molecule has 2 aliphatic rings. The second kappa shape index (κ2) is 11.6. The highest BCUT2D eigenvalue weighted by molar-refractivity contribution is 7.14. The predicted octanol–water partition coefficient (Wildman–Crippen LogP) is 4.94. The highest BCUT2D eigenvalue weighted by atomic mass is 35.5. The highest BCUT2D eigenvalue weighted by Gasteiger charge is 2.37. The Hall–Kier alpha value is -2.65. The van der Waals surface area contributed by atoms with E-state index < -0.39 is 17.9 Å². The first-order valence-corrected chi connectivity index (χ1v) is 13.7. The molecule has 2 atom stereocenters. The zero-order chi connectivity index (χ0) is 25.8. The minimum atomic E-state index is -0.824. The molecule has 0 bridgehead atoms. The van der Waals surface area contributed by atoms with Crippen LogP contribution in [0.2, 0.25) is 5.02 Å². The minimum Gasteiger partial charge on any atom is -0.481 e. The van der Waals surface area contributed by atoms with Gasteiger partial charge in [0.2, 0.25) is 5.91 Å². The van der Waals surface area contributed by atoms with Gasteiger partial charge in [0.05, 0.1) is 33.2 Å². The fourth-order valence-corrected chi connectivity index (χ4v) is 6.02. The normalized spacial score (nSPS) is 21.3. The SMILES string of the molecule is Cc1ncc(Cl)cc1N[C@@H](C)c1ccc(C(=O)N[C@@H](CC2CCCC2)C(=O)N[C@H]2C[C@H](C(=O)O)C2)s1. The van der Waals surface area contributed by atoms with E-state index in [0.29, 0.717) is 35.1 Å². The van der Waals surface area contributed by atoms with Gasteiger partial charge in [-0.05, 0) is 57.2 Å². The topological polar surface area (TPSA) is 120 Å². The second-order valence-electron chi connectivity index (χ2n) is 9.98. The molecular weight excluding hydrogens is 500 g/mol. The van der Waals surface area contributed by atoms with E-state index in [9.17, 15) is 14.4 Å². The molecule has 0 aromatic carbocycles. The molecule has 0 unspecified atom stereocenters. The monoisotopic (exact) mass is 532 g/mol.